The summed E-state index contributed by atoms with van der Waals surface area (Å²) in [7, 11) is 0. The van der Waals surface area contributed by atoms with Gasteiger partial charge in [0.1, 0.15) is 18.5 Å². The van der Waals surface area contributed by atoms with Gasteiger partial charge in [0, 0.05) is 52.4 Å². The van der Waals surface area contributed by atoms with E-state index in [0.29, 0.717) is 12.5 Å². The predicted molar refractivity (Wildman–Crippen MR) is 144 cm³/mol. The number of benzene rings is 2. The second kappa shape index (κ2) is 13.8. The number of amides is 1. The molecule has 2 fully saturated rings. The Kier molecular flexibility index (Phi) is 10.2. The highest BCUT2D eigenvalue weighted by atomic mass is 16.5. The first-order valence-corrected chi connectivity index (χ1v) is 13.7. The molecule has 2 aliphatic rings. The van der Waals surface area contributed by atoms with Crippen LogP contribution in [0.4, 0.5) is 0 Å². The van der Waals surface area contributed by atoms with Crippen molar-refractivity contribution in [1.29, 1.82) is 0 Å². The van der Waals surface area contributed by atoms with E-state index in [1.165, 1.54) is 11.1 Å². The van der Waals surface area contributed by atoms with Gasteiger partial charge in [-0.1, -0.05) is 42.5 Å². The second-order valence-corrected chi connectivity index (χ2v) is 10.1. The third-order valence-electron chi connectivity index (χ3n) is 7.35. The van der Waals surface area contributed by atoms with Crippen molar-refractivity contribution in [3.05, 3.63) is 65.7 Å². The maximum atomic E-state index is 12.9. The Labute approximate surface area is 217 Å². The van der Waals surface area contributed by atoms with Gasteiger partial charge in [0.25, 0.3) is 0 Å². The fourth-order valence-electron chi connectivity index (χ4n) is 5.43. The lowest BCUT2D eigenvalue weighted by molar-refractivity contribution is -0.137. The topological polar surface area (TPSA) is 45.2 Å². The van der Waals surface area contributed by atoms with E-state index in [-0.39, 0.29) is 12.0 Å². The average molecular weight is 494 g/mol. The molecule has 2 saturated heterocycles. The maximum absolute atomic E-state index is 12.9. The van der Waals surface area contributed by atoms with Crippen molar-refractivity contribution >= 4 is 5.91 Å². The molecule has 1 amide bonds. The van der Waals surface area contributed by atoms with Crippen LogP contribution in [0.2, 0.25) is 0 Å². The summed E-state index contributed by atoms with van der Waals surface area (Å²) in [4.78, 5) is 19.7. The van der Waals surface area contributed by atoms with Gasteiger partial charge < -0.3 is 14.4 Å². The Bertz CT molecular complexity index is 934. The fraction of sp³-hybridized carbons (Fsp3) is 0.567. The van der Waals surface area contributed by atoms with E-state index in [1.807, 2.05) is 11.0 Å². The molecule has 6 nitrogen and oxygen atoms in total. The van der Waals surface area contributed by atoms with Crippen LogP contribution in [0.25, 0.3) is 0 Å². The van der Waals surface area contributed by atoms with E-state index in [2.05, 4.69) is 72.2 Å². The Morgan fingerprint density at radius 2 is 1.67 bits per heavy atom. The first-order valence-electron chi connectivity index (χ1n) is 13.7. The van der Waals surface area contributed by atoms with Crippen molar-refractivity contribution < 1.29 is 14.3 Å². The maximum Gasteiger partial charge on any atom is 0.226 e. The first kappa shape index (κ1) is 26.6. The van der Waals surface area contributed by atoms with Gasteiger partial charge in [0.2, 0.25) is 5.91 Å². The lowest BCUT2D eigenvalue weighted by Crippen LogP contribution is -2.44. The van der Waals surface area contributed by atoms with Crippen LogP contribution in [0.1, 0.15) is 44.2 Å². The van der Waals surface area contributed by atoms with Crippen LogP contribution in [-0.2, 0) is 22.6 Å². The van der Waals surface area contributed by atoms with Crippen LogP contribution in [0.5, 0.6) is 5.75 Å². The average Bonchev–Trinajstić information content (AvgIpc) is 3.14. The zero-order valence-corrected chi connectivity index (χ0v) is 22.1. The molecule has 0 bridgehead atoms. The van der Waals surface area contributed by atoms with Crippen molar-refractivity contribution in [2.75, 3.05) is 52.5 Å². The second-order valence-electron chi connectivity index (χ2n) is 10.1. The van der Waals surface area contributed by atoms with E-state index < -0.39 is 0 Å². The number of ether oxygens (including phenoxy) is 2. The minimum absolute atomic E-state index is 0.0637. The number of carbonyl (C=O) groups is 1. The first-order chi connectivity index (χ1) is 17.6. The number of hydrogen-bond donors (Lipinski definition) is 0. The monoisotopic (exact) mass is 493 g/mol. The molecular weight excluding hydrogens is 450 g/mol. The summed E-state index contributed by atoms with van der Waals surface area (Å²) < 4.78 is 12.3. The summed E-state index contributed by atoms with van der Waals surface area (Å²) in [5.74, 6) is 1.32. The van der Waals surface area contributed by atoms with Crippen molar-refractivity contribution in [1.82, 2.24) is 14.7 Å². The Balaban J connectivity index is 1.28. The third-order valence-corrected chi connectivity index (χ3v) is 7.35. The quantitative estimate of drug-likeness (QED) is 0.490. The molecule has 0 aromatic heterocycles. The molecule has 6 heteroatoms. The highest BCUT2D eigenvalue weighted by Gasteiger charge is 2.28. The Morgan fingerprint density at radius 1 is 0.944 bits per heavy atom. The summed E-state index contributed by atoms with van der Waals surface area (Å²) in [6.07, 6.45) is 3.19. The van der Waals surface area contributed by atoms with E-state index in [0.717, 1.165) is 84.0 Å². The van der Waals surface area contributed by atoms with Crippen LogP contribution < -0.4 is 4.74 Å². The lowest BCUT2D eigenvalue weighted by Gasteiger charge is -2.34. The summed E-state index contributed by atoms with van der Waals surface area (Å²) in [5.41, 5.74) is 2.57. The molecule has 2 aromatic carbocycles. The van der Waals surface area contributed by atoms with E-state index in [9.17, 15) is 4.79 Å². The summed E-state index contributed by atoms with van der Waals surface area (Å²) in [5, 5.41) is 0. The van der Waals surface area contributed by atoms with E-state index in [1.54, 1.807) is 0 Å². The molecule has 2 atom stereocenters. The molecule has 0 radical (unpaired) electrons. The molecule has 196 valence electrons. The highest BCUT2D eigenvalue weighted by Crippen LogP contribution is 2.22. The largest absolute Gasteiger partial charge is 0.491 e. The third kappa shape index (κ3) is 7.79. The fourth-order valence-corrected chi connectivity index (χ4v) is 5.43. The number of carbonyl (C=O) groups excluding carboxylic acids is 1. The number of nitrogens with zero attached hydrogens (tertiary/aromatic N) is 3. The molecule has 2 aromatic rings. The van der Waals surface area contributed by atoms with Gasteiger partial charge in [0.05, 0.1) is 5.92 Å². The SMILES string of the molecule is CCN(CC)C(=O)C1CCCN(Cc2cccc(OCC3CN(Cc4ccccc4)CCCO3)c2)C1. The van der Waals surface area contributed by atoms with Gasteiger partial charge >= 0.3 is 0 Å². The smallest absolute Gasteiger partial charge is 0.226 e. The Morgan fingerprint density at radius 3 is 2.47 bits per heavy atom. The lowest BCUT2D eigenvalue weighted by atomic mass is 9.96. The molecule has 2 heterocycles. The van der Waals surface area contributed by atoms with Crippen LogP contribution in [0, 0.1) is 5.92 Å². The molecule has 0 aliphatic carbocycles. The van der Waals surface area contributed by atoms with Crippen molar-refractivity contribution in [2.24, 2.45) is 5.92 Å². The standard InChI is InChI=1S/C30H43N3O3/c1-3-33(4-2)30(34)27-14-9-16-31(22-27)21-26-13-8-15-28(19-26)36-24-29-23-32(17-10-18-35-29)20-25-11-6-5-7-12-25/h5-8,11-13,15,19,27,29H,3-4,9-10,14,16-18,20-24H2,1-2H3. The Hall–Kier alpha value is -2.41. The molecule has 2 unspecified atom stereocenters. The van der Waals surface area contributed by atoms with Gasteiger partial charge in [-0.05, 0) is 62.9 Å². The summed E-state index contributed by atoms with van der Waals surface area (Å²) >= 11 is 0. The summed E-state index contributed by atoms with van der Waals surface area (Å²) in [6.45, 7) is 12.7. The minimum Gasteiger partial charge on any atom is -0.491 e. The van der Waals surface area contributed by atoms with Crippen LogP contribution in [0.15, 0.2) is 54.6 Å². The van der Waals surface area contributed by atoms with E-state index in [4.69, 9.17) is 9.47 Å². The minimum atomic E-state index is 0.0637. The number of likely N-dealkylation sites (tertiary alicyclic amines) is 1. The molecular formula is C30H43N3O3. The molecule has 36 heavy (non-hydrogen) atoms. The van der Waals surface area contributed by atoms with Crippen molar-refractivity contribution in [3.8, 4) is 5.75 Å². The van der Waals surface area contributed by atoms with Gasteiger partial charge in [-0.2, -0.15) is 0 Å². The number of rotatable bonds is 10. The summed E-state index contributed by atoms with van der Waals surface area (Å²) in [6, 6.07) is 19.1. The van der Waals surface area contributed by atoms with Gasteiger partial charge in [0.15, 0.2) is 0 Å². The number of hydrogen-bond acceptors (Lipinski definition) is 5. The van der Waals surface area contributed by atoms with Gasteiger partial charge in [-0.25, -0.2) is 0 Å². The molecule has 0 spiro atoms. The molecule has 4 rings (SSSR count). The zero-order chi connectivity index (χ0) is 25.2. The van der Waals surface area contributed by atoms with Gasteiger partial charge in [-0.15, -0.1) is 0 Å². The van der Waals surface area contributed by atoms with Crippen LogP contribution in [0.3, 0.4) is 0 Å². The van der Waals surface area contributed by atoms with Crippen molar-refractivity contribution in [3.63, 3.8) is 0 Å². The number of piperidine rings is 1. The van der Waals surface area contributed by atoms with Crippen LogP contribution in [-0.4, -0.2) is 79.2 Å². The zero-order valence-electron chi connectivity index (χ0n) is 22.1. The van der Waals surface area contributed by atoms with Crippen molar-refractivity contribution in [2.45, 2.75) is 52.3 Å². The predicted octanol–water partition coefficient (Wildman–Crippen LogP) is 4.44. The van der Waals surface area contributed by atoms with Gasteiger partial charge in [-0.3, -0.25) is 14.6 Å². The highest BCUT2D eigenvalue weighted by molar-refractivity contribution is 5.79. The van der Waals surface area contributed by atoms with E-state index >= 15 is 0 Å². The molecule has 0 saturated carbocycles. The normalized spacial score (nSPS) is 21.6. The van der Waals surface area contributed by atoms with Crippen LogP contribution >= 0.6 is 0 Å². The molecule has 2 aliphatic heterocycles. The molecule has 0 N–H and O–H groups in total.